The molecule has 1 amide bonds. The zero-order chi connectivity index (χ0) is 13.0. The van der Waals surface area contributed by atoms with Crippen LogP contribution in [-0.2, 0) is 0 Å². The van der Waals surface area contributed by atoms with Crippen molar-refractivity contribution in [3.05, 3.63) is 56.9 Å². The van der Waals surface area contributed by atoms with Gasteiger partial charge in [0.15, 0.2) is 4.67 Å². The van der Waals surface area contributed by atoms with Crippen molar-refractivity contribution in [3.8, 4) is 0 Å². The Morgan fingerprint density at radius 1 is 1.28 bits per heavy atom. The van der Waals surface area contributed by atoms with Gasteiger partial charge in [0.25, 0.3) is 5.91 Å². The van der Waals surface area contributed by atoms with Crippen LogP contribution in [-0.4, -0.2) is 12.1 Å². The molecule has 1 heterocycles. The van der Waals surface area contributed by atoms with Crippen LogP contribution in [0.1, 0.15) is 16.1 Å². The van der Waals surface area contributed by atoms with Gasteiger partial charge in [0.05, 0.1) is 10.7 Å². The zero-order valence-electron chi connectivity index (χ0n) is 9.06. The minimum atomic E-state index is -0.267. The molecule has 0 saturated heterocycles. The van der Waals surface area contributed by atoms with Crippen molar-refractivity contribution < 1.29 is 9.21 Å². The quantitative estimate of drug-likeness (QED) is 0.662. The predicted octanol–water partition coefficient (Wildman–Crippen LogP) is 3.57. The van der Waals surface area contributed by atoms with Crippen LogP contribution >= 0.6 is 31.9 Å². The fraction of sp³-hybridized carbons (Fsp3) is 0. The maximum Gasteiger partial charge on any atom is 0.271 e. The van der Waals surface area contributed by atoms with E-state index in [-0.39, 0.29) is 5.91 Å². The summed E-state index contributed by atoms with van der Waals surface area (Å²) in [7, 11) is 0. The van der Waals surface area contributed by atoms with E-state index in [0.29, 0.717) is 16.0 Å². The van der Waals surface area contributed by atoms with Crippen molar-refractivity contribution >= 4 is 44.0 Å². The average Bonchev–Trinajstić information content (AvgIpc) is 2.69. The van der Waals surface area contributed by atoms with E-state index in [4.69, 9.17) is 4.42 Å². The Bertz CT molecular complexity index is 560. The number of furan rings is 1. The third-order valence-corrected chi connectivity index (χ3v) is 3.77. The first-order valence-corrected chi connectivity index (χ1v) is 6.58. The number of hydrogen-bond acceptors (Lipinski definition) is 3. The van der Waals surface area contributed by atoms with Crippen LogP contribution < -0.4 is 5.43 Å². The number of hydrogen-bond donors (Lipinski definition) is 1. The first kappa shape index (κ1) is 13.0. The Kier molecular flexibility index (Phi) is 4.33. The van der Waals surface area contributed by atoms with Gasteiger partial charge in [0.2, 0.25) is 0 Å². The minimum Gasteiger partial charge on any atom is -0.447 e. The summed E-state index contributed by atoms with van der Waals surface area (Å²) in [4.78, 5) is 11.6. The second-order valence-electron chi connectivity index (χ2n) is 3.34. The Balaban J connectivity index is 1.98. The van der Waals surface area contributed by atoms with Crippen molar-refractivity contribution in [2.45, 2.75) is 0 Å². The average molecular weight is 372 g/mol. The summed E-state index contributed by atoms with van der Waals surface area (Å²) in [5.41, 5.74) is 2.97. The first-order valence-electron chi connectivity index (χ1n) is 5.00. The molecule has 0 radical (unpaired) electrons. The number of hydrazone groups is 1. The monoisotopic (exact) mass is 370 g/mol. The van der Waals surface area contributed by atoms with Gasteiger partial charge >= 0.3 is 0 Å². The number of carbonyl (C=O) groups is 1. The van der Waals surface area contributed by atoms with Crippen LogP contribution in [0, 0.1) is 0 Å². The molecular formula is C12H8Br2N2O2. The molecule has 0 aliphatic carbocycles. The molecule has 1 aromatic carbocycles. The summed E-state index contributed by atoms with van der Waals surface area (Å²) >= 11 is 6.50. The summed E-state index contributed by atoms with van der Waals surface area (Å²) in [6.45, 7) is 0. The van der Waals surface area contributed by atoms with Crippen molar-refractivity contribution in [2.24, 2.45) is 5.10 Å². The molecule has 0 saturated carbocycles. The number of nitrogens with one attached hydrogen (secondary N) is 1. The lowest BCUT2D eigenvalue weighted by atomic mass is 10.2. The molecule has 92 valence electrons. The number of carbonyl (C=O) groups excluding carboxylic acids is 1. The molecule has 2 aromatic rings. The molecule has 0 aliphatic heterocycles. The van der Waals surface area contributed by atoms with E-state index in [2.05, 4.69) is 42.4 Å². The molecule has 0 aliphatic rings. The Labute approximate surface area is 120 Å². The van der Waals surface area contributed by atoms with Gasteiger partial charge in [0.1, 0.15) is 5.76 Å². The lowest BCUT2D eigenvalue weighted by molar-refractivity contribution is 0.0955. The van der Waals surface area contributed by atoms with Crippen LogP contribution in [0.4, 0.5) is 0 Å². The van der Waals surface area contributed by atoms with Gasteiger partial charge < -0.3 is 4.42 Å². The predicted molar refractivity (Wildman–Crippen MR) is 75.6 cm³/mol. The number of nitrogens with zero attached hydrogens (tertiary/aromatic N) is 1. The Morgan fingerprint density at radius 3 is 2.61 bits per heavy atom. The topological polar surface area (TPSA) is 54.6 Å². The zero-order valence-corrected chi connectivity index (χ0v) is 12.2. The summed E-state index contributed by atoms with van der Waals surface area (Å²) in [5, 5.41) is 3.81. The third-order valence-electron chi connectivity index (χ3n) is 2.06. The fourth-order valence-corrected chi connectivity index (χ4v) is 1.84. The molecule has 1 aromatic heterocycles. The summed E-state index contributed by atoms with van der Waals surface area (Å²) in [6, 6.07) is 10.6. The maximum atomic E-state index is 11.6. The number of amides is 1. The van der Waals surface area contributed by atoms with Crippen LogP contribution in [0.5, 0.6) is 0 Å². The number of rotatable bonds is 3. The van der Waals surface area contributed by atoms with E-state index in [0.717, 1.165) is 4.47 Å². The van der Waals surface area contributed by atoms with Gasteiger partial charge in [-0.2, -0.15) is 5.10 Å². The van der Waals surface area contributed by atoms with E-state index in [1.54, 1.807) is 30.3 Å². The molecule has 1 N–H and O–H groups in total. The van der Waals surface area contributed by atoms with E-state index < -0.39 is 0 Å². The van der Waals surface area contributed by atoms with Gasteiger partial charge in [-0.1, -0.05) is 18.2 Å². The second kappa shape index (κ2) is 5.97. The molecule has 0 atom stereocenters. The summed E-state index contributed by atoms with van der Waals surface area (Å²) in [5.74, 6) is 0.263. The molecule has 2 rings (SSSR count). The van der Waals surface area contributed by atoms with Crippen LogP contribution in [0.25, 0.3) is 0 Å². The second-order valence-corrected chi connectivity index (χ2v) is 4.91. The molecule has 0 bridgehead atoms. The Morgan fingerprint density at radius 2 is 2.00 bits per heavy atom. The highest BCUT2D eigenvalue weighted by atomic mass is 79.9. The van der Waals surface area contributed by atoms with Gasteiger partial charge in [-0.25, -0.2) is 5.43 Å². The van der Waals surface area contributed by atoms with Gasteiger partial charge in [-0.3, -0.25) is 4.79 Å². The van der Waals surface area contributed by atoms with Crippen molar-refractivity contribution in [1.82, 2.24) is 5.43 Å². The SMILES string of the molecule is O=C(N/N=C\c1cc(Br)c(Br)o1)c1ccccc1. The first-order chi connectivity index (χ1) is 8.66. The molecule has 0 fully saturated rings. The highest BCUT2D eigenvalue weighted by Gasteiger charge is 2.04. The third kappa shape index (κ3) is 3.30. The number of halogens is 2. The molecule has 0 unspecified atom stereocenters. The standard InChI is InChI=1S/C12H8Br2N2O2/c13-10-6-9(18-11(10)14)7-15-16-12(17)8-4-2-1-3-5-8/h1-7H,(H,16,17)/b15-7-. The lowest BCUT2D eigenvalue weighted by Gasteiger charge is -1.97. The normalized spacial score (nSPS) is 10.8. The van der Waals surface area contributed by atoms with E-state index >= 15 is 0 Å². The van der Waals surface area contributed by atoms with Crippen LogP contribution in [0.15, 0.2) is 55.1 Å². The molecular weight excluding hydrogens is 364 g/mol. The maximum absolute atomic E-state index is 11.6. The summed E-state index contributed by atoms with van der Waals surface area (Å²) in [6.07, 6.45) is 1.43. The van der Waals surface area contributed by atoms with E-state index in [1.807, 2.05) is 6.07 Å². The lowest BCUT2D eigenvalue weighted by Crippen LogP contribution is -2.17. The van der Waals surface area contributed by atoms with Crippen molar-refractivity contribution in [3.63, 3.8) is 0 Å². The van der Waals surface area contributed by atoms with Crippen molar-refractivity contribution in [1.29, 1.82) is 0 Å². The minimum absolute atomic E-state index is 0.267. The van der Waals surface area contributed by atoms with E-state index in [9.17, 15) is 4.79 Å². The Hall–Kier alpha value is -1.40. The van der Waals surface area contributed by atoms with E-state index in [1.165, 1.54) is 6.21 Å². The molecule has 6 heteroatoms. The van der Waals surface area contributed by atoms with Gasteiger partial charge in [-0.05, 0) is 44.0 Å². The van der Waals surface area contributed by atoms with Crippen LogP contribution in [0.2, 0.25) is 0 Å². The van der Waals surface area contributed by atoms with Gasteiger partial charge in [-0.15, -0.1) is 0 Å². The smallest absolute Gasteiger partial charge is 0.271 e. The molecule has 0 spiro atoms. The van der Waals surface area contributed by atoms with Crippen molar-refractivity contribution in [2.75, 3.05) is 0 Å². The molecule has 18 heavy (non-hydrogen) atoms. The highest BCUT2D eigenvalue weighted by molar-refractivity contribution is 9.13. The van der Waals surface area contributed by atoms with Crippen LogP contribution in [0.3, 0.4) is 0 Å². The summed E-state index contributed by atoms with van der Waals surface area (Å²) < 4.78 is 6.64. The van der Waals surface area contributed by atoms with Gasteiger partial charge in [0, 0.05) is 11.6 Å². The molecule has 4 nitrogen and oxygen atoms in total. The largest absolute Gasteiger partial charge is 0.447 e. The number of benzene rings is 1. The highest BCUT2D eigenvalue weighted by Crippen LogP contribution is 2.25. The fourth-order valence-electron chi connectivity index (χ4n) is 1.24.